The molecule has 1 atom stereocenters. The van der Waals surface area contributed by atoms with E-state index >= 15 is 0 Å². The summed E-state index contributed by atoms with van der Waals surface area (Å²) in [4.78, 5) is 16.3. The van der Waals surface area contributed by atoms with Crippen molar-refractivity contribution in [2.45, 2.75) is 45.4 Å². The number of aryl methyl sites for hydroxylation is 1. The van der Waals surface area contributed by atoms with Gasteiger partial charge in [-0.05, 0) is 30.9 Å². The molecule has 1 aromatic heterocycles. The van der Waals surface area contributed by atoms with Gasteiger partial charge in [-0.1, -0.05) is 32.3 Å². The first kappa shape index (κ1) is 16.0. The Morgan fingerprint density at radius 3 is 2.95 bits per heavy atom. The Labute approximate surface area is 127 Å². The zero-order valence-corrected chi connectivity index (χ0v) is 12.9. The maximum absolute atomic E-state index is 12.0. The zero-order chi connectivity index (χ0) is 14.9. The van der Waals surface area contributed by atoms with E-state index in [1.54, 1.807) is 0 Å². The topological polar surface area (TPSA) is 51.2 Å². The molecule has 1 saturated heterocycles. The number of rotatable bonds is 8. The lowest BCUT2D eigenvalue weighted by Crippen LogP contribution is -2.30. The van der Waals surface area contributed by atoms with E-state index in [-0.39, 0.29) is 5.91 Å². The van der Waals surface area contributed by atoms with Crippen molar-refractivity contribution in [2.24, 2.45) is 5.92 Å². The molecular weight excluding hydrogens is 264 g/mol. The third-order valence-corrected chi connectivity index (χ3v) is 3.95. The van der Waals surface area contributed by atoms with Gasteiger partial charge in [0.25, 0.3) is 5.91 Å². The van der Waals surface area contributed by atoms with Crippen LogP contribution in [0.1, 0.15) is 55.1 Å². The van der Waals surface area contributed by atoms with E-state index in [1.807, 2.05) is 18.3 Å². The number of hydrogen-bond donors (Lipinski definition) is 1. The van der Waals surface area contributed by atoms with Crippen molar-refractivity contribution < 1.29 is 9.53 Å². The Bertz CT molecular complexity index is 425. The SMILES string of the molecule is CCCCCCc1ccc(C(=O)NCC2CCOC2)nc1. The fourth-order valence-electron chi connectivity index (χ4n) is 2.53. The van der Waals surface area contributed by atoms with Crippen LogP contribution in [-0.2, 0) is 11.2 Å². The number of ether oxygens (including phenoxy) is 1. The van der Waals surface area contributed by atoms with E-state index < -0.39 is 0 Å². The highest BCUT2D eigenvalue weighted by atomic mass is 16.5. The first-order valence-electron chi connectivity index (χ1n) is 8.10. The Balaban J connectivity index is 1.73. The van der Waals surface area contributed by atoms with Gasteiger partial charge in [-0.3, -0.25) is 9.78 Å². The monoisotopic (exact) mass is 290 g/mol. The van der Waals surface area contributed by atoms with Crippen LogP contribution in [0, 0.1) is 5.92 Å². The average Bonchev–Trinajstić information content (AvgIpc) is 3.03. The Hall–Kier alpha value is -1.42. The van der Waals surface area contributed by atoms with Gasteiger partial charge in [0.1, 0.15) is 5.69 Å². The molecule has 0 spiro atoms. The third-order valence-electron chi connectivity index (χ3n) is 3.95. The van der Waals surface area contributed by atoms with Crippen LogP contribution >= 0.6 is 0 Å². The molecule has 21 heavy (non-hydrogen) atoms. The molecule has 1 aromatic rings. The van der Waals surface area contributed by atoms with Crippen molar-refractivity contribution in [3.05, 3.63) is 29.6 Å². The standard InChI is InChI=1S/C17H26N2O2/c1-2-3-4-5-6-14-7-8-16(18-11-14)17(20)19-12-15-9-10-21-13-15/h7-8,11,15H,2-6,9-10,12-13H2,1H3,(H,19,20). The van der Waals surface area contributed by atoms with Crippen LogP contribution in [0.2, 0.25) is 0 Å². The van der Waals surface area contributed by atoms with Crippen molar-refractivity contribution in [2.75, 3.05) is 19.8 Å². The summed E-state index contributed by atoms with van der Waals surface area (Å²) in [6.07, 6.45) is 8.92. The molecule has 4 nitrogen and oxygen atoms in total. The van der Waals surface area contributed by atoms with Gasteiger partial charge < -0.3 is 10.1 Å². The highest BCUT2D eigenvalue weighted by molar-refractivity contribution is 5.92. The summed E-state index contributed by atoms with van der Waals surface area (Å²) in [5.41, 5.74) is 1.72. The van der Waals surface area contributed by atoms with Crippen molar-refractivity contribution >= 4 is 5.91 Å². The second-order valence-corrected chi connectivity index (χ2v) is 5.80. The summed E-state index contributed by atoms with van der Waals surface area (Å²) < 4.78 is 5.30. The molecule has 1 unspecified atom stereocenters. The van der Waals surface area contributed by atoms with Gasteiger partial charge in [-0.2, -0.15) is 0 Å². The zero-order valence-electron chi connectivity index (χ0n) is 12.9. The number of pyridine rings is 1. The van der Waals surface area contributed by atoms with Crippen molar-refractivity contribution in [1.29, 1.82) is 0 Å². The Kier molecular flexibility index (Phi) is 6.67. The molecule has 1 amide bonds. The second kappa shape index (κ2) is 8.78. The molecule has 2 heterocycles. The first-order chi connectivity index (χ1) is 10.3. The molecule has 0 saturated carbocycles. The van der Waals surface area contributed by atoms with Crippen LogP contribution < -0.4 is 5.32 Å². The molecule has 1 N–H and O–H groups in total. The van der Waals surface area contributed by atoms with E-state index in [1.165, 1.54) is 31.2 Å². The van der Waals surface area contributed by atoms with Crippen LogP contribution in [0.4, 0.5) is 0 Å². The lowest BCUT2D eigenvalue weighted by atomic mass is 10.1. The lowest BCUT2D eigenvalue weighted by Gasteiger charge is -2.09. The summed E-state index contributed by atoms with van der Waals surface area (Å²) in [7, 11) is 0. The number of carbonyl (C=O) groups excluding carboxylic acids is 1. The number of amides is 1. The van der Waals surface area contributed by atoms with Gasteiger partial charge in [0.05, 0.1) is 6.61 Å². The van der Waals surface area contributed by atoms with Gasteiger partial charge in [-0.25, -0.2) is 0 Å². The number of nitrogens with zero attached hydrogens (tertiary/aromatic N) is 1. The highest BCUT2D eigenvalue weighted by Gasteiger charge is 2.17. The van der Waals surface area contributed by atoms with Crippen molar-refractivity contribution in [3.63, 3.8) is 0 Å². The lowest BCUT2D eigenvalue weighted by molar-refractivity contribution is 0.0940. The van der Waals surface area contributed by atoms with Gasteiger partial charge >= 0.3 is 0 Å². The van der Waals surface area contributed by atoms with E-state index in [4.69, 9.17) is 4.74 Å². The fourth-order valence-corrected chi connectivity index (χ4v) is 2.53. The maximum Gasteiger partial charge on any atom is 0.269 e. The van der Waals surface area contributed by atoms with Crippen LogP contribution in [0.5, 0.6) is 0 Å². The third kappa shape index (κ3) is 5.46. The number of aromatic nitrogens is 1. The summed E-state index contributed by atoms with van der Waals surface area (Å²) in [5.74, 6) is 0.367. The fraction of sp³-hybridized carbons (Fsp3) is 0.647. The number of nitrogens with one attached hydrogen (secondary N) is 1. The molecular formula is C17H26N2O2. The minimum atomic E-state index is -0.0839. The van der Waals surface area contributed by atoms with Gasteiger partial charge in [0.2, 0.25) is 0 Å². The van der Waals surface area contributed by atoms with Crippen molar-refractivity contribution in [1.82, 2.24) is 10.3 Å². The molecule has 1 aliphatic rings. The molecule has 0 aliphatic carbocycles. The highest BCUT2D eigenvalue weighted by Crippen LogP contribution is 2.11. The van der Waals surface area contributed by atoms with Crippen LogP contribution in [0.3, 0.4) is 0 Å². The van der Waals surface area contributed by atoms with E-state index in [9.17, 15) is 4.79 Å². The smallest absolute Gasteiger partial charge is 0.269 e. The van der Waals surface area contributed by atoms with E-state index in [2.05, 4.69) is 17.2 Å². The van der Waals surface area contributed by atoms with Crippen LogP contribution in [-0.4, -0.2) is 30.6 Å². The first-order valence-corrected chi connectivity index (χ1v) is 8.10. The predicted octanol–water partition coefficient (Wildman–Crippen LogP) is 2.97. The predicted molar refractivity (Wildman–Crippen MR) is 83.3 cm³/mol. The Morgan fingerprint density at radius 2 is 2.29 bits per heavy atom. The summed E-state index contributed by atoms with van der Waals surface area (Å²) in [5, 5.41) is 2.94. The van der Waals surface area contributed by atoms with Crippen LogP contribution in [0.15, 0.2) is 18.3 Å². The van der Waals surface area contributed by atoms with Crippen LogP contribution in [0.25, 0.3) is 0 Å². The minimum Gasteiger partial charge on any atom is -0.381 e. The quantitative estimate of drug-likeness (QED) is 0.749. The molecule has 4 heteroatoms. The number of unbranched alkanes of at least 4 members (excludes halogenated alkanes) is 3. The molecule has 1 aliphatic heterocycles. The molecule has 1 fully saturated rings. The van der Waals surface area contributed by atoms with Gasteiger partial charge in [0, 0.05) is 25.3 Å². The van der Waals surface area contributed by atoms with E-state index in [0.29, 0.717) is 18.2 Å². The summed E-state index contributed by atoms with van der Waals surface area (Å²) in [6, 6.07) is 3.85. The average molecular weight is 290 g/mol. The van der Waals surface area contributed by atoms with E-state index in [0.717, 1.165) is 26.1 Å². The summed E-state index contributed by atoms with van der Waals surface area (Å²) >= 11 is 0. The molecule has 0 radical (unpaired) electrons. The number of carbonyl (C=O) groups is 1. The molecule has 0 aromatic carbocycles. The van der Waals surface area contributed by atoms with Gasteiger partial charge in [-0.15, -0.1) is 0 Å². The minimum absolute atomic E-state index is 0.0839. The normalized spacial score (nSPS) is 17.9. The molecule has 0 bridgehead atoms. The summed E-state index contributed by atoms with van der Waals surface area (Å²) in [6.45, 7) is 4.46. The molecule has 2 rings (SSSR count). The number of hydrogen-bond acceptors (Lipinski definition) is 3. The van der Waals surface area contributed by atoms with Crippen molar-refractivity contribution in [3.8, 4) is 0 Å². The second-order valence-electron chi connectivity index (χ2n) is 5.80. The largest absolute Gasteiger partial charge is 0.381 e. The molecule has 116 valence electrons. The Morgan fingerprint density at radius 1 is 1.38 bits per heavy atom. The maximum atomic E-state index is 12.0. The van der Waals surface area contributed by atoms with Gasteiger partial charge in [0.15, 0.2) is 0 Å².